The quantitative estimate of drug-likeness (QED) is 0.0838. The molecule has 0 aliphatic heterocycles. The second-order valence-electron chi connectivity index (χ2n) is 9.68. The standard InChI is InChI=1S/C33H36S5/c1-3-5-6-7-8-9-10-11-12-13-25-15-17-27(35-25)29-19-21-31(37-29)33-23-22-32(38-33)30-20-18-28(36-30)26-16-14-24(4-2)34-26/h3,14-23H,1,4-13H2,2H3. The Morgan fingerprint density at radius 2 is 0.842 bits per heavy atom. The van der Waals surface area contributed by atoms with Crippen molar-refractivity contribution in [1.29, 1.82) is 0 Å². The summed E-state index contributed by atoms with van der Waals surface area (Å²) in [6.45, 7) is 6.04. The summed E-state index contributed by atoms with van der Waals surface area (Å²) in [4.78, 5) is 14.1. The second-order valence-corrected chi connectivity index (χ2v) is 15.3. The maximum atomic E-state index is 3.81. The van der Waals surface area contributed by atoms with Crippen molar-refractivity contribution in [1.82, 2.24) is 0 Å². The molecule has 0 unspecified atom stereocenters. The van der Waals surface area contributed by atoms with Crippen LogP contribution in [0.4, 0.5) is 0 Å². The summed E-state index contributed by atoms with van der Waals surface area (Å²) in [7, 11) is 0. The zero-order valence-electron chi connectivity index (χ0n) is 22.2. The lowest BCUT2D eigenvalue weighted by Gasteiger charge is -2.01. The Morgan fingerprint density at radius 3 is 1.29 bits per heavy atom. The van der Waals surface area contributed by atoms with Crippen LogP contribution in [0.3, 0.4) is 0 Å². The molecule has 0 fully saturated rings. The molecule has 0 amide bonds. The van der Waals surface area contributed by atoms with Crippen LogP contribution < -0.4 is 0 Å². The van der Waals surface area contributed by atoms with Gasteiger partial charge in [0.1, 0.15) is 0 Å². The summed E-state index contributed by atoms with van der Waals surface area (Å²) in [5.41, 5.74) is 0. The first-order valence-electron chi connectivity index (χ1n) is 13.8. The molecule has 5 heteroatoms. The molecule has 38 heavy (non-hydrogen) atoms. The number of thiophene rings is 5. The first-order valence-corrected chi connectivity index (χ1v) is 17.9. The summed E-state index contributed by atoms with van der Waals surface area (Å²) in [5.74, 6) is 0. The third-order valence-electron chi connectivity index (χ3n) is 6.79. The van der Waals surface area contributed by atoms with E-state index in [1.54, 1.807) is 0 Å². The summed E-state index contributed by atoms with van der Waals surface area (Å²) in [6, 6.07) is 23.0. The molecule has 5 aromatic heterocycles. The lowest BCUT2D eigenvalue weighted by Crippen LogP contribution is -1.83. The molecule has 0 aliphatic rings. The summed E-state index contributed by atoms with van der Waals surface area (Å²) < 4.78 is 0. The molecule has 5 rings (SSSR count). The van der Waals surface area contributed by atoms with Gasteiger partial charge in [0.2, 0.25) is 0 Å². The summed E-state index contributed by atoms with van der Waals surface area (Å²) >= 11 is 9.67. The largest absolute Gasteiger partial charge is 0.139 e. The predicted molar refractivity (Wildman–Crippen MR) is 178 cm³/mol. The van der Waals surface area contributed by atoms with Gasteiger partial charge in [-0.25, -0.2) is 0 Å². The Kier molecular flexibility index (Phi) is 10.3. The molecule has 0 bridgehead atoms. The highest BCUT2D eigenvalue weighted by molar-refractivity contribution is 7.29. The summed E-state index contributed by atoms with van der Waals surface area (Å²) in [6.07, 6.45) is 15.0. The Hall–Kier alpha value is -1.76. The fourth-order valence-corrected chi connectivity index (χ4v) is 10.0. The Labute approximate surface area is 248 Å². The number of aryl methyl sites for hydroxylation is 2. The highest BCUT2D eigenvalue weighted by Gasteiger charge is 2.13. The van der Waals surface area contributed by atoms with Crippen LogP contribution in [0.1, 0.15) is 68.0 Å². The van der Waals surface area contributed by atoms with E-state index in [1.165, 1.54) is 107 Å². The van der Waals surface area contributed by atoms with Crippen molar-refractivity contribution in [2.75, 3.05) is 0 Å². The number of hydrogen-bond acceptors (Lipinski definition) is 5. The normalized spacial score (nSPS) is 11.4. The molecule has 0 aliphatic carbocycles. The minimum atomic E-state index is 1.12. The molecule has 5 heterocycles. The molecule has 0 saturated carbocycles. The van der Waals surface area contributed by atoms with E-state index in [9.17, 15) is 0 Å². The number of rotatable bonds is 15. The van der Waals surface area contributed by atoms with Gasteiger partial charge in [-0.05, 0) is 92.8 Å². The molecular weight excluding hydrogens is 557 g/mol. The zero-order valence-corrected chi connectivity index (χ0v) is 26.3. The van der Waals surface area contributed by atoms with E-state index < -0.39 is 0 Å². The van der Waals surface area contributed by atoms with Gasteiger partial charge in [0.25, 0.3) is 0 Å². The molecule has 5 aromatic rings. The molecule has 0 atom stereocenters. The van der Waals surface area contributed by atoms with E-state index >= 15 is 0 Å². The Bertz CT molecular complexity index is 1420. The van der Waals surface area contributed by atoms with Crippen LogP contribution in [-0.4, -0.2) is 0 Å². The van der Waals surface area contributed by atoms with Crippen LogP contribution in [0.5, 0.6) is 0 Å². The van der Waals surface area contributed by atoms with Gasteiger partial charge in [0.05, 0.1) is 0 Å². The molecule has 0 saturated heterocycles. The molecule has 0 aromatic carbocycles. The number of unbranched alkanes of at least 4 members (excludes halogenated alkanes) is 7. The van der Waals surface area contributed by atoms with Gasteiger partial charge < -0.3 is 0 Å². The highest BCUT2D eigenvalue weighted by Crippen LogP contribution is 2.44. The van der Waals surface area contributed by atoms with Crippen LogP contribution >= 0.6 is 56.7 Å². The first-order chi connectivity index (χ1) is 18.7. The van der Waals surface area contributed by atoms with Crippen molar-refractivity contribution >= 4 is 56.7 Å². The molecule has 0 spiro atoms. The number of hydrogen-bond donors (Lipinski definition) is 0. The molecule has 0 N–H and O–H groups in total. The first kappa shape index (κ1) is 27.8. The average Bonchev–Trinajstić information content (AvgIpc) is 3.75. The van der Waals surface area contributed by atoms with Gasteiger partial charge in [-0.3, -0.25) is 0 Å². The van der Waals surface area contributed by atoms with Crippen molar-refractivity contribution in [3.05, 3.63) is 83.1 Å². The van der Waals surface area contributed by atoms with Crippen LogP contribution in [0, 0.1) is 0 Å². The summed E-state index contributed by atoms with van der Waals surface area (Å²) in [5, 5.41) is 0. The lowest BCUT2D eigenvalue weighted by molar-refractivity contribution is 0.582. The van der Waals surface area contributed by atoms with E-state index in [0.29, 0.717) is 0 Å². The van der Waals surface area contributed by atoms with E-state index in [2.05, 4.69) is 74.2 Å². The van der Waals surface area contributed by atoms with Crippen molar-refractivity contribution in [2.45, 2.75) is 71.1 Å². The van der Waals surface area contributed by atoms with E-state index in [-0.39, 0.29) is 0 Å². The lowest BCUT2D eigenvalue weighted by atomic mass is 10.1. The third-order valence-corrected chi connectivity index (χ3v) is 13.2. The zero-order chi connectivity index (χ0) is 26.2. The van der Waals surface area contributed by atoms with Crippen molar-refractivity contribution in [2.24, 2.45) is 0 Å². The molecule has 0 radical (unpaired) electrons. The van der Waals surface area contributed by atoms with Gasteiger partial charge >= 0.3 is 0 Å². The third kappa shape index (κ3) is 7.25. The predicted octanol–water partition coefficient (Wildman–Crippen LogP) is 13.1. The Morgan fingerprint density at radius 1 is 0.474 bits per heavy atom. The molecule has 198 valence electrons. The van der Waals surface area contributed by atoms with Crippen molar-refractivity contribution in [3.8, 4) is 39.0 Å². The Balaban J connectivity index is 1.13. The maximum Gasteiger partial charge on any atom is 0.0449 e. The van der Waals surface area contributed by atoms with Crippen molar-refractivity contribution in [3.63, 3.8) is 0 Å². The van der Waals surface area contributed by atoms with Gasteiger partial charge in [-0.2, -0.15) is 0 Å². The topological polar surface area (TPSA) is 0 Å². The van der Waals surface area contributed by atoms with Gasteiger partial charge in [0.15, 0.2) is 0 Å². The molecule has 0 nitrogen and oxygen atoms in total. The van der Waals surface area contributed by atoms with Crippen molar-refractivity contribution < 1.29 is 0 Å². The average molecular weight is 593 g/mol. The maximum absolute atomic E-state index is 3.81. The van der Waals surface area contributed by atoms with Crippen LogP contribution in [-0.2, 0) is 12.8 Å². The second kappa shape index (κ2) is 14.0. The van der Waals surface area contributed by atoms with E-state index in [4.69, 9.17) is 0 Å². The highest BCUT2D eigenvalue weighted by atomic mass is 32.1. The van der Waals surface area contributed by atoms with Gasteiger partial charge in [0, 0.05) is 48.8 Å². The van der Waals surface area contributed by atoms with E-state index in [1.807, 2.05) is 62.8 Å². The van der Waals surface area contributed by atoms with Crippen LogP contribution in [0.25, 0.3) is 39.0 Å². The monoisotopic (exact) mass is 592 g/mol. The minimum absolute atomic E-state index is 1.12. The van der Waals surface area contributed by atoms with Gasteiger partial charge in [-0.15, -0.1) is 63.3 Å². The number of allylic oxidation sites excluding steroid dienone is 1. The molecular formula is C33H36S5. The van der Waals surface area contributed by atoms with Crippen LogP contribution in [0.15, 0.2) is 73.3 Å². The van der Waals surface area contributed by atoms with Gasteiger partial charge in [-0.1, -0.05) is 45.1 Å². The SMILES string of the molecule is C=CCCCCCCCCCc1ccc(-c2ccc(-c3ccc(-c4ccc(-c5ccc(CC)s5)s4)s3)s2)s1. The smallest absolute Gasteiger partial charge is 0.0449 e. The fraction of sp³-hybridized carbons (Fsp3) is 0.333. The fourth-order valence-electron chi connectivity index (χ4n) is 4.63. The van der Waals surface area contributed by atoms with Crippen LogP contribution in [0.2, 0.25) is 0 Å². The minimum Gasteiger partial charge on any atom is -0.139 e. The van der Waals surface area contributed by atoms with E-state index in [0.717, 1.165) is 6.42 Å².